The van der Waals surface area contributed by atoms with Gasteiger partial charge in [-0.3, -0.25) is 0 Å². The molecule has 0 atom stereocenters. The Hall–Kier alpha value is -1.26. The first-order valence-corrected chi connectivity index (χ1v) is 2.76. The molecule has 0 spiro atoms. The molecule has 11 heavy (non-hydrogen) atoms. The van der Waals surface area contributed by atoms with Crippen LogP contribution in [-0.2, 0) is 0 Å². The third-order valence-corrected chi connectivity index (χ3v) is 1.14. The van der Waals surface area contributed by atoms with Gasteiger partial charge in [0.2, 0.25) is 0 Å². The minimum atomic E-state index is -4.39. The van der Waals surface area contributed by atoms with Crippen molar-refractivity contribution in [2.75, 3.05) is 0 Å². The molecule has 0 unspecified atom stereocenters. The maximum absolute atomic E-state index is 11.9. The smallest absolute Gasteiger partial charge is 0.302 e. The summed E-state index contributed by atoms with van der Waals surface area (Å²) in [5, 5.41) is 0. The lowest BCUT2D eigenvalue weighted by Crippen LogP contribution is -2.13. The Morgan fingerprint density at radius 1 is 1.45 bits per heavy atom. The first-order chi connectivity index (χ1) is 5.02. The molecule has 1 rings (SSSR count). The van der Waals surface area contributed by atoms with E-state index in [0.717, 1.165) is 10.9 Å². The molecule has 0 radical (unpaired) electrons. The summed E-state index contributed by atoms with van der Waals surface area (Å²) in [7, 11) is 0. The summed E-state index contributed by atoms with van der Waals surface area (Å²) in [5.74, 6) is 0. The number of nitrogens with zero attached hydrogens (tertiary/aromatic N) is 2. The van der Waals surface area contributed by atoms with Crippen LogP contribution in [0, 0.1) is 0 Å². The molecule has 5 heteroatoms. The number of imidazole rings is 1. The summed E-state index contributed by atoms with van der Waals surface area (Å²) in [5.41, 5.74) is -0.935. The second-order valence-electron chi connectivity index (χ2n) is 1.91. The molecule has 1 heterocycles. The van der Waals surface area contributed by atoms with Gasteiger partial charge in [0, 0.05) is 12.4 Å². The maximum atomic E-state index is 11.9. The van der Waals surface area contributed by atoms with Crippen LogP contribution < -0.4 is 0 Å². The highest BCUT2D eigenvalue weighted by atomic mass is 19.4. The van der Waals surface area contributed by atoms with Crippen LogP contribution in [0.5, 0.6) is 0 Å². The van der Waals surface area contributed by atoms with Crippen molar-refractivity contribution < 1.29 is 13.2 Å². The Labute approximate surface area is 61.0 Å². The molecule has 2 nitrogen and oxygen atoms in total. The van der Waals surface area contributed by atoms with E-state index in [2.05, 4.69) is 11.6 Å². The summed E-state index contributed by atoms with van der Waals surface area (Å²) in [4.78, 5) is 3.46. The Bertz CT molecular complexity index is 247. The summed E-state index contributed by atoms with van der Waals surface area (Å²) in [6, 6.07) is 0. The first-order valence-electron chi connectivity index (χ1n) is 2.76. The highest BCUT2D eigenvalue weighted by molar-refractivity contribution is 5.46. The summed E-state index contributed by atoms with van der Waals surface area (Å²) < 4.78 is 36.4. The number of halogens is 3. The molecule has 0 aliphatic carbocycles. The molecule has 0 bridgehead atoms. The zero-order valence-corrected chi connectivity index (χ0v) is 5.47. The van der Waals surface area contributed by atoms with E-state index >= 15 is 0 Å². The molecule has 0 aromatic carbocycles. The van der Waals surface area contributed by atoms with Gasteiger partial charge in [0.1, 0.15) is 5.70 Å². The zero-order valence-electron chi connectivity index (χ0n) is 5.47. The Morgan fingerprint density at radius 3 is 2.45 bits per heavy atom. The molecule has 0 saturated heterocycles. The van der Waals surface area contributed by atoms with Gasteiger partial charge in [-0.2, -0.15) is 13.2 Å². The average Bonchev–Trinajstić information content (AvgIpc) is 2.34. The molecular formula is C6H5F3N2. The van der Waals surface area contributed by atoms with Gasteiger partial charge in [0.15, 0.2) is 0 Å². The van der Waals surface area contributed by atoms with E-state index in [1.54, 1.807) is 0 Å². The standard InChI is InChI=1S/C6H5F3N2/c1-5(6(7,8)9)11-3-2-10-4-11/h2-4H,1H2. The van der Waals surface area contributed by atoms with Crippen molar-refractivity contribution in [2.45, 2.75) is 6.18 Å². The normalized spacial score (nSPS) is 11.5. The van der Waals surface area contributed by atoms with Crippen molar-refractivity contribution in [3.8, 4) is 0 Å². The lowest BCUT2D eigenvalue weighted by molar-refractivity contribution is -0.0733. The van der Waals surface area contributed by atoms with Crippen LogP contribution in [0.2, 0.25) is 0 Å². The SMILES string of the molecule is C=C(n1ccnc1)C(F)(F)F. The molecule has 0 fully saturated rings. The topological polar surface area (TPSA) is 17.8 Å². The van der Waals surface area contributed by atoms with E-state index in [-0.39, 0.29) is 0 Å². The van der Waals surface area contributed by atoms with E-state index in [9.17, 15) is 13.2 Å². The van der Waals surface area contributed by atoms with E-state index < -0.39 is 11.9 Å². The molecule has 0 saturated carbocycles. The molecule has 0 amide bonds. The Morgan fingerprint density at radius 2 is 2.09 bits per heavy atom. The molecular weight excluding hydrogens is 157 g/mol. The lowest BCUT2D eigenvalue weighted by atomic mass is 10.5. The second kappa shape index (κ2) is 2.41. The van der Waals surface area contributed by atoms with Crippen LogP contribution >= 0.6 is 0 Å². The van der Waals surface area contributed by atoms with Crippen LogP contribution in [0.4, 0.5) is 13.2 Å². The fourth-order valence-corrected chi connectivity index (χ4v) is 0.565. The number of rotatable bonds is 1. The van der Waals surface area contributed by atoms with Crippen LogP contribution in [0.25, 0.3) is 5.70 Å². The average molecular weight is 162 g/mol. The zero-order chi connectivity index (χ0) is 8.48. The van der Waals surface area contributed by atoms with Crippen molar-refractivity contribution in [3.05, 3.63) is 25.3 Å². The Balaban J connectivity index is 2.88. The van der Waals surface area contributed by atoms with Crippen LogP contribution in [0.15, 0.2) is 25.3 Å². The van der Waals surface area contributed by atoms with E-state index in [1.165, 1.54) is 12.4 Å². The van der Waals surface area contributed by atoms with Gasteiger partial charge in [-0.05, 0) is 0 Å². The largest absolute Gasteiger partial charge is 0.431 e. The quantitative estimate of drug-likeness (QED) is 0.616. The van der Waals surface area contributed by atoms with Gasteiger partial charge in [0.05, 0.1) is 6.33 Å². The van der Waals surface area contributed by atoms with Gasteiger partial charge in [-0.25, -0.2) is 4.98 Å². The first kappa shape index (κ1) is 7.84. The van der Waals surface area contributed by atoms with Gasteiger partial charge in [-0.1, -0.05) is 6.58 Å². The maximum Gasteiger partial charge on any atom is 0.431 e. The van der Waals surface area contributed by atoms with Crippen LogP contribution in [0.3, 0.4) is 0 Å². The number of hydrogen-bond donors (Lipinski definition) is 0. The predicted octanol–water partition coefficient (Wildman–Crippen LogP) is 1.92. The molecule has 1 aromatic heterocycles. The van der Waals surface area contributed by atoms with E-state index in [4.69, 9.17) is 0 Å². The fourth-order valence-electron chi connectivity index (χ4n) is 0.565. The van der Waals surface area contributed by atoms with Gasteiger partial charge in [-0.15, -0.1) is 0 Å². The minimum Gasteiger partial charge on any atom is -0.302 e. The summed E-state index contributed by atoms with van der Waals surface area (Å²) >= 11 is 0. The molecule has 0 N–H and O–H groups in total. The lowest BCUT2D eigenvalue weighted by Gasteiger charge is -2.09. The monoisotopic (exact) mass is 162 g/mol. The number of hydrogen-bond acceptors (Lipinski definition) is 1. The number of aromatic nitrogens is 2. The van der Waals surface area contributed by atoms with Crippen molar-refractivity contribution in [2.24, 2.45) is 0 Å². The highest BCUT2D eigenvalue weighted by Crippen LogP contribution is 2.27. The van der Waals surface area contributed by atoms with Crippen molar-refractivity contribution in [3.63, 3.8) is 0 Å². The summed E-state index contributed by atoms with van der Waals surface area (Å²) in [6.07, 6.45) is -0.886. The van der Waals surface area contributed by atoms with Crippen molar-refractivity contribution >= 4 is 5.70 Å². The van der Waals surface area contributed by atoms with Crippen molar-refractivity contribution in [1.82, 2.24) is 9.55 Å². The Kier molecular flexibility index (Phi) is 1.72. The minimum absolute atomic E-state index is 0.819. The van der Waals surface area contributed by atoms with Crippen molar-refractivity contribution in [1.29, 1.82) is 0 Å². The second-order valence-corrected chi connectivity index (χ2v) is 1.91. The molecule has 0 aliphatic rings. The predicted molar refractivity (Wildman–Crippen MR) is 33.6 cm³/mol. The number of allylic oxidation sites excluding steroid dienone is 1. The highest BCUT2D eigenvalue weighted by Gasteiger charge is 2.32. The fraction of sp³-hybridized carbons (Fsp3) is 0.167. The third-order valence-electron chi connectivity index (χ3n) is 1.14. The van der Waals surface area contributed by atoms with Gasteiger partial charge in [0.25, 0.3) is 0 Å². The van der Waals surface area contributed by atoms with Gasteiger partial charge < -0.3 is 4.57 Å². The van der Waals surface area contributed by atoms with Crippen LogP contribution in [-0.4, -0.2) is 15.7 Å². The van der Waals surface area contributed by atoms with E-state index in [0.29, 0.717) is 0 Å². The van der Waals surface area contributed by atoms with E-state index in [1.807, 2.05) is 0 Å². The molecule has 1 aromatic rings. The molecule has 0 aliphatic heterocycles. The summed E-state index contributed by atoms with van der Waals surface area (Å²) in [6.45, 7) is 2.87. The molecule has 60 valence electrons. The van der Waals surface area contributed by atoms with Crippen LogP contribution in [0.1, 0.15) is 0 Å². The third kappa shape index (κ3) is 1.60. The number of alkyl halides is 3. The van der Waals surface area contributed by atoms with Gasteiger partial charge >= 0.3 is 6.18 Å².